The summed E-state index contributed by atoms with van der Waals surface area (Å²) >= 11 is 0. The maximum atomic E-state index is 12.4. The largest absolute Gasteiger partial charge is 0.452 e. The number of sulfonamides is 1. The zero-order chi connectivity index (χ0) is 20.4. The molecular formula is C20H19N3O5S. The van der Waals surface area contributed by atoms with Crippen LogP contribution in [0.15, 0.2) is 52.9 Å². The Labute approximate surface area is 168 Å². The number of esters is 1. The van der Waals surface area contributed by atoms with E-state index >= 15 is 0 Å². The molecule has 0 amide bonds. The highest BCUT2D eigenvalue weighted by Gasteiger charge is 2.25. The van der Waals surface area contributed by atoms with Crippen LogP contribution in [0, 0.1) is 0 Å². The van der Waals surface area contributed by atoms with Crippen LogP contribution >= 0.6 is 0 Å². The molecule has 1 aromatic heterocycles. The van der Waals surface area contributed by atoms with Gasteiger partial charge >= 0.3 is 5.97 Å². The summed E-state index contributed by atoms with van der Waals surface area (Å²) in [6, 6.07) is 14.2. The molecule has 0 fully saturated rings. The number of anilines is 1. The van der Waals surface area contributed by atoms with Gasteiger partial charge in [-0.2, -0.15) is 0 Å². The quantitative estimate of drug-likeness (QED) is 0.593. The van der Waals surface area contributed by atoms with Gasteiger partial charge in [-0.25, -0.2) is 13.2 Å². The van der Waals surface area contributed by atoms with Gasteiger partial charge in [0, 0.05) is 12.1 Å². The fraction of sp³-hybridized carbons (Fsp3) is 0.250. The second-order valence-corrected chi connectivity index (χ2v) is 8.63. The first kappa shape index (κ1) is 19.1. The smallest absolute Gasteiger partial charge is 0.338 e. The lowest BCUT2D eigenvalue weighted by Crippen LogP contribution is -2.34. The Bertz CT molecular complexity index is 1140. The van der Waals surface area contributed by atoms with Gasteiger partial charge in [-0.3, -0.25) is 4.31 Å². The minimum Gasteiger partial charge on any atom is -0.452 e. The summed E-state index contributed by atoms with van der Waals surface area (Å²) in [4.78, 5) is 12.4. The van der Waals surface area contributed by atoms with Gasteiger partial charge in [-0.15, -0.1) is 10.2 Å². The molecule has 4 rings (SSSR count). The molecule has 0 atom stereocenters. The van der Waals surface area contributed by atoms with E-state index in [1.165, 1.54) is 10.6 Å². The van der Waals surface area contributed by atoms with Gasteiger partial charge < -0.3 is 9.15 Å². The van der Waals surface area contributed by atoms with Crippen LogP contribution in [-0.4, -0.2) is 37.4 Å². The summed E-state index contributed by atoms with van der Waals surface area (Å²) in [7, 11) is -3.35. The van der Waals surface area contributed by atoms with Gasteiger partial charge in [0.25, 0.3) is 5.89 Å². The summed E-state index contributed by atoms with van der Waals surface area (Å²) in [6.07, 6.45) is 2.58. The lowest BCUT2D eigenvalue weighted by Gasteiger charge is -2.29. The summed E-state index contributed by atoms with van der Waals surface area (Å²) < 4.78 is 36.1. The Hall–Kier alpha value is -3.20. The SMILES string of the molecule is CS(=O)(=O)N1CCCc2cc(C(=O)OCc3nnc(-c4ccccc4)o3)ccc21. The van der Waals surface area contributed by atoms with Crippen LogP contribution in [-0.2, 0) is 27.8 Å². The van der Waals surface area contributed by atoms with Crippen molar-refractivity contribution < 1.29 is 22.4 Å². The Morgan fingerprint density at radius 3 is 2.72 bits per heavy atom. The summed E-state index contributed by atoms with van der Waals surface area (Å²) in [5, 5.41) is 7.85. The molecule has 0 aliphatic carbocycles. The van der Waals surface area contributed by atoms with Crippen LogP contribution in [0.2, 0.25) is 0 Å². The van der Waals surface area contributed by atoms with Gasteiger partial charge in [0.15, 0.2) is 6.61 Å². The summed E-state index contributed by atoms with van der Waals surface area (Å²) in [5.74, 6) is 0.00782. The van der Waals surface area contributed by atoms with Crippen molar-refractivity contribution in [1.82, 2.24) is 10.2 Å². The standard InChI is InChI=1S/C20H19N3O5S/c1-29(25,26)23-11-5-8-15-12-16(9-10-17(15)23)20(24)27-13-18-21-22-19(28-18)14-6-3-2-4-7-14/h2-4,6-7,9-10,12H,5,8,11,13H2,1H3. The molecule has 2 heterocycles. The second-order valence-electron chi connectivity index (χ2n) is 6.73. The van der Waals surface area contributed by atoms with E-state index in [1.807, 2.05) is 30.3 Å². The molecule has 0 spiro atoms. The van der Waals surface area contributed by atoms with Gasteiger partial charge in [-0.05, 0) is 48.7 Å². The first-order valence-electron chi connectivity index (χ1n) is 9.07. The number of ether oxygens (including phenoxy) is 1. The van der Waals surface area contributed by atoms with Gasteiger partial charge in [0.1, 0.15) is 0 Å². The first-order chi connectivity index (χ1) is 13.9. The van der Waals surface area contributed by atoms with E-state index in [0.29, 0.717) is 36.5 Å². The molecule has 29 heavy (non-hydrogen) atoms. The molecule has 0 bridgehead atoms. The van der Waals surface area contributed by atoms with Crippen molar-refractivity contribution in [2.75, 3.05) is 17.1 Å². The van der Waals surface area contributed by atoms with Crippen LogP contribution in [0.3, 0.4) is 0 Å². The van der Waals surface area contributed by atoms with Gasteiger partial charge in [0.05, 0.1) is 17.5 Å². The van der Waals surface area contributed by atoms with Crippen molar-refractivity contribution in [1.29, 1.82) is 0 Å². The molecule has 3 aromatic rings. The topological polar surface area (TPSA) is 103 Å². The van der Waals surface area contributed by atoms with Gasteiger partial charge in [0.2, 0.25) is 15.9 Å². The van der Waals surface area contributed by atoms with E-state index in [0.717, 1.165) is 11.1 Å². The Balaban J connectivity index is 1.45. The van der Waals surface area contributed by atoms with Crippen LogP contribution in [0.25, 0.3) is 11.5 Å². The van der Waals surface area contributed by atoms with Crippen molar-refractivity contribution >= 4 is 21.7 Å². The second kappa shape index (κ2) is 7.67. The number of hydrogen-bond donors (Lipinski definition) is 0. The average Bonchev–Trinajstić information content (AvgIpc) is 3.20. The Morgan fingerprint density at radius 2 is 1.97 bits per heavy atom. The highest BCUT2D eigenvalue weighted by Crippen LogP contribution is 2.30. The van der Waals surface area contributed by atoms with E-state index in [2.05, 4.69) is 10.2 Å². The molecule has 1 aliphatic heterocycles. The molecule has 0 saturated heterocycles. The van der Waals surface area contributed by atoms with E-state index in [9.17, 15) is 13.2 Å². The molecule has 150 valence electrons. The number of benzene rings is 2. The zero-order valence-electron chi connectivity index (χ0n) is 15.7. The number of aromatic nitrogens is 2. The van der Waals surface area contributed by atoms with Crippen molar-refractivity contribution in [3.63, 3.8) is 0 Å². The molecular weight excluding hydrogens is 394 g/mol. The fourth-order valence-electron chi connectivity index (χ4n) is 3.25. The Kier molecular flexibility index (Phi) is 5.06. The number of hydrogen-bond acceptors (Lipinski definition) is 7. The van der Waals surface area contributed by atoms with Crippen molar-refractivity contribution in [2.24, 2.45) is 0 Å². The highest BCUT2D eigenvalue weighted by molar-refractivity contribution is 7.92. The summed E-state index contributed by atoms with van der Waals surface area (Å²) in [5.41, 5.74) is 2.55. The number of fused-ring (bicyclic) bond motifs is 1. The highest BCUT2D eigenvalue weighted by atomic mass is 32.2. The maximum absolute atomic E-state index is 12.4. The third-order valence-electron chi connectivity index (χ3n) is 4.61. The number of nitrogens with zero attached hydrogens (tertiary/aromatic N) is 3. The normalized spacial score (nSPS) is 13.8. The minimum absolute atomic E-state index is 0.148. The van der Waals surface area contributed by atoms with Crippen LogP contribution in [0.1, 0.15) is 28.2 Å². The van der Waals surface area contributed by atoms with Crippen LogP contribution in [0.5, 0.6) is 0 Å². The van der Waals surface area contributed by atoms with E-state index in [-0.39, 0.29) is 12.5 Å². The number of carbonyl (C=O) groups is 1. The predicted molar refractivity (Wildman–Crippen MR) is 106 cm³/mol. The van der Waals surface area contributed by atoms with E-state index in [4.69, 9.17) is 9.15 Å². The van der Waals surface area contributed by atoms with Crippen LogP contribution < -0.4 is 4.31 Å². The van der Waals surface area contributed by atoms with Gasteiger partial charge in [-0.1, -0.05) is 18.2 Å². The molecule has 2 aromatic carbocycles. The molecule has 9 heteroatoms. The number of carbonyl (C=O) groups excluding carboxylic acids is 1. The van der Waals surface area contributed by atoms with Crippen LogP contribution in [0.4, 0.5) is 5.69 Å². The average molecular weight is 413 g/mol. The zero-order valence-corrected chi connectivity index (χ0v) is 16.6. The Morgan fingerprint density at radius 1 is 1.17 bits per heavy atom. The van der Waals surface area contributed by atoms with E-state index in [1.54, 1.807) is 18.2 Å². The summed E-state index contributed by atoms with van der Waals surface area (Å²) in [6.45, 7) is 0.293. The first-order valence-corrected chi connectivity index (χ1v) is 10.9. The third kappa shape index (κ3) is 4.14. The maximum Gasteiger partial charge on any atom is 0.338 e. The lowest BCUT2D eigenvalue weighted by atomic mass is 10.0. The predicted octanol–water partition coefficient (Wildman–Crippen LogP) is 2.81. The minimum atomic E-state index is -3.35. The fourth-order valence-corrected chi connectivity index (χ4v) is 4.25. The van der Waals surface area contributed by atoms with E-state index < -0.39 is 16.0 Å². The molecule has 8 nitrogen and oxygen atoms in total. The molecule has 0 radical (unpaired) electrons. The molecule has 0 unspecified atom stereocenters. The van der Waals surface area contributed by atoms with Crippen molar-refractivity contribution in [3.05, 3.63) is 65.5 Å². The lowest BCUT2D eigenvalue weighted by molar-refractivity contribution is 0.0438. The molecule has 0 N–H and O–H groups in total. The molecule has 0 saturated carbocycles. The molecule has 1 aliphatic rings. The third-order valence-corrected chi connectivity index (χ3v) is 5.79. The monoisotopic (exact) mass is 413 g/mol. The van der Waals surface area contributed by atoms with Crippen molar-refractivity contribution in [2.45, 2.75) is 19.4 Å². The number of rotatable bonds is 5. The van der Waals surface area contributed by atoms with Crippen molar-refractivity contribution in [3.8, 4) is 11.5 Å². The number of aryl methyl sites for hydroxylation is 1.